The molecule has 8 nitrogen and oxygen atoms in total. The Bertz CT molecular complexity index is 1130. The lowest BCUT2D eigenvalue weighted by Crippen LogP contribution is -2.22. The number of hydrogen-bond acceptors (Lipinski definition) is 7. The summed E-state index contributed by atoms with van der Waals surface area (Å²) in [4.78, 5) is 13.1. The predicted molar refractivity (Wildman–Crippen MR) is 125 cm³/mol. The van der Waals surface area contributed by atoms with Gasteiger partial charge in [0.1, 0.15) is 17.4 Å². The monoisotopic (exact) mass is 455 g/mol. The molecule has 1 atom stereocenters. The Hall–Kier alpha value is -3.04. The van der Waals surface area contributed by atoms with Crippen LogP contribution >= 0.6 is 0 Å². The topological polar surface area (TPSA) is 134 Å². The van der Waals surface area contributed by atoms with Crippen molar-refractivity contribution in [2.24, 2.45) is 11.1 Å². The molecule has 0 aliphatic carbocycles. The van der Waals surface area contributed by atoms with Crippen molar-refractivity contribution in [1.82, 2.24) is 15.0 Å². The van der Waals surface area contributed by atoms with E-state index in [0.29, 0.717) is 30.3 Å². The van der Waals surface area contributed by atoms with Gasteiger partial charge in [-0.05, 0) is 60.1 Å². The van der Waals surface area contributed by atoms with E-state index in [1.807, 2.05) is 55.7 Å². The zero-order valence-electron chi connectivity index (χ0n) is 18.4. The molecule has 1 aromatic carbocycles. The molecule has 1 unspecified atom stereocenters. The average molecular weight is 456 g/mol. The van der Waals surface area contributed by atoms with Gasteiger partial charge < -0.3 is 10.5 Å². The highest BCUT2D eigenvalue weighted by Gasteiger charge is 2.12. The molecule has 0 saturated carbocycles. The van der Waals surface area contributed by atoms with Crippen molar-refractivity contribution in [2.75, 3.05) is 11.5 Å². The summed E-state index contributed by atoms with van der Waals surface area (Å²) >= 11 is 0. The molecule has 4 N–H and O–H groups in total. The van der Waals surface area contributed by atoms with Crippen molar-refractivity contribution in [2.45, 2.75) is 39.5 Å². The molecular formula is C23H29N5O3S. The Morgan fingerprint density at radius 1 is 1.00 bits per heavy atom. The molecule has 3 aromatic rings. The number of aryl methyl sites for hydroxylation is 3. The summed E-state index contributed by atoms with van der Waals surface area (Å²) in [5, 5.41) is 5.12. The average Bonchev–Trinajstić information content (AvgIpc) is 2.72. The normalized spacial score (nSPS) is 12.5. The third kappa shape index (κ3) is 7.58. The van der Waals surface area contributed by atoms with Gasteiger partial charge in [0.15, 0.2) is 0 Å². The third-order valence-corrected chi connectivity index (χ3v) is 5.97. The predicted octanol–water partition coefficient (Wildman–Crippen LogP) is 3.06. The van der Waals surface area contributed by atoms with Crippen LogP contribution in [0.5, 0.6) is 11.6 Å². The molecule has 0 aliphatic rings. The van der Waals surface area contributed by atoms with Gasteiger partial charge in [-0.25, -0.2) is 23.5 Å². The second-order valence-corrected chi connectivity index (χ2v) is 9.64. The number of ether oxygens (including phenoxy) is 1. The molecule has 9 heteroatoms. The molecule has 0 spiro atoms. The fraction of sp³-hybridized carbons (Fsp3) is 0.348. The van der Waals surface area contributed by atoms with Crippen molar-refractivity contribution >= 4 is 15.8 Å². The lowest BCUT2D eigenvalue weighted by Gasteiger charge is -2.11. The molecule has 170 valence electrons. The number of anilines is 1. The van der Waals surface area contributed by atoms with Gasteiger partial charge in [0.25, 0.3) is 0 Å². The number of benzene rings is 1. The van der Waals surface area contributed by atoms with E-state index in [2.05, 4.69) is 21.9 Å². The van der Waals surface area contributed by atoms with Gasteiger partial charge in [0.2, 0.25) is 15.9 Å². The zero-order valence-corrected chi connectivity index (χ0v) is 19.2. The molecule has 0 aliphatic heterocycles. The Balaban J connectivity index is 1.61. The highest BCUT2D eigenvalue weighted by atomic mass is 32.2. The van der Waals surface area contributed by atoms with Crippen molar-refractivity contribution in [1.29, 1.82) is 0 Å². The summed E-state index contributed by atoms with van der Waals surface area (Å²) in [6, 6.07) is 11.1. The van der Waals surface area contributed by atoms with Crippen LogP contribution in [-0.2, 0) is 35.7 Å². The first kappa shape index (κ1) is 23.6. The summed E-state index contributed by atoms with van der Waals surface area (Å²) in [5.74, 6) is 2.08. The molecule has 32 heavy (non-hydrogen) atoms. The van der Waals surface area contributed by atoms with Gasteiger partial charge >= 0.3 is 0 Å². The van der Waals surface area contributed by atoms with Crippen molar-refractivity contribution < 1.29 is 13.2 Å². The fourth-order valence-electron chi connectivity index (χ4n) is 3.40. The summed E-state index contributed by atoms with van der Waals surface area (Å²) in [6.07, 6.45) is 6.65. The zero-order chi connectivity index (χ0) is 23.1. The van der Waals surface area contributed by atoms with E-state index in [4.69, 9.17) is 15.6 Å². The highest BCUT2D eigenvalue weighted by Crippen LogP contribution is 2.24. The molecular weight excluding hydrogens is 426 g/mol. The van der Waals surface area contributed by atoms with Gasteiger partial charge in [-0.2, -0.15) is 4.98 Å². The van der Waals surface area contributed by atoms with E-state index in [1.165, 1.54) is 0 Å². The number of nitrogen functional groups attached to an aromatic ring is 1. The summed E-state index contributed by atoms with van der Waals surface area (Å²) in [5.41, 5.74) is 9.07. The van der Waals surface area contributed by atoms with E-state index < -0.39 is 10.0 Å². The number of aromatic nitrogens is 3. The van der Waals surface area contributed by atoms with Gasteiger partial charge in [-0.1, -0.05) is 26.0 Å². The first-order chi connectivity index (χ1) is 15.2. The number of sulfonamides is 1. The molecule has 0 bridgehead atoms. The number of rotatable bonds is 10. The third-order valence-electron chi connectivity index (χ3n) is 4.93. The minimum Gasteiger partial charge on any atom is -0.439 e. The Morgan fingerprint density at radius 2 is 1.69 bits per heavy atom. The van der Waals surface area contributed by atoms with Crippen molar-refractivity contribution in [3.8, 4) is 11.6 Å². The Labute approximate surface area is 189 Å². The minimum atomic E-state index is -3.48. The maximum atomic E-state index is 11.2. The SMILES string of the molecule is CCc1cnc(CCc2cc(N)nc(Oc3ccc(CC(C)CS(N)(=O)=O)cc3)c2)nc1. The first-order valence-electron chi connectivity index (χ1n) is 10.5. The molecule has 3 rings (SSSR count). The number of hydrogen-bond donors (Lipinski definition) is 2. The standard InChI is InChI=1S/C23H29N5O3S/c1-3-17-13-26-22(27-14-17)9-6-19-11-21(24)28-23(12-19)31-20-7-4-18(5-8-20)10-16(2)15-32(25,29)30/h4-5,7-8,11-14,16H,3,6,9-10,15H2,1-2H3,(H2,24,28)(H2,25,29,30). The number of pyridine rings is 1. The van der Waals surface area contributed by atoms with E-state index >= 15 is 0 Å². The van der Waals surface area contributed by atoms with Gasteiger partial charge in [0, 0.05) is 24.9 Å². The maximum absolute atomic E-state index is 11.2. The molecule has 0 amide bonds. The molecule has 0 radical (unpaired) electrons. The summed E-state index contributed by atoms with van der Waals surface area (Å²) in [6.45, 7) is 3.93. The van der Waals surface area contributed by atoms with Crippen LogP contribution in [0.4, 0.5) is 5.82 Å². The van der Waals surface area contributed by atoms with E-state index in [1.54, 1.807) is 0 Å². The van der Waals surface area contributed by atoms with Crippen LogP contribution in [0.25, 0.3) is 0 Å². The van der Waals surface area contributed by atoms with Crippen molar-refractivity contribution in [3.63, 3.8) is 0 Å². The highest BCUT2D eigenvalue weighted by molar-refractivity contribution is 7.89. The molecule has 2 heterocycles. The second kappa shape index (κ2) is 10.5. The lowest BCUT2D eigenvalue weighted by atomic mass is 10.0. The smallest absolute Gasteiger partial charge is 0.221 e. The quantitative estimate of drug-likeness (QED) is 0.480. The Kier molecular flexibility index (Phi) is 7.76. The van der Waals surface area contributed by atoms with Crippen LogP contribution in [0.15, 0.2) is 48.8 Å². The van der Waals surface area contributed by atoms with Crippen LogP contribution in [0.1, 0.15) is 36.4 Å². The van der Waals surface area contributed by atoms with Crippen LogP contribution < -0.4 is 15.6 Å². The molecule has 0 saturated heterocycles. The summed E-state index contributed by atoms with van der Waals surface area (Å²) in [7, 11) is -3.48. The van der Waals surface area contributed by atoms with E-state index in [0.717, 1.165) is 35.4 Å². The Morgan fingerprint density at radius 3 is 2.31 bits per heavy atom. The molecule has 0 fully saturated rings. The summed E-state index contributed by atoms with van der Waals surface area (Å²) < 4.78 is 28.3. The van der Waals surface area contributed by atoms with E-state index in [9.17, 15) is 8.42 Å². The van der Waals surface area contributed by atoms with Crippen LogP contribution in [-0.4, -0.2) is 29.1 Å². The fourth-order valence-corrected chi connectivity index (χ4v) is 4.31. The number of nitrogens with two attached hydrogens (primary N) is 2. The maximum Gasteiger partial charge on any atom is 0.221 e. The largest absolute Gasteiger partial charge is 0.439 e. The number of nitrogens with zero attached hydrogens (tertiary/aromatic N) is 3. The van der Waals surface area contributed by atoms with Crippen LogP contribution in [0.3, 0.4) is 0 Å². The van der Waals surface area contributed by atoms with Gasteiger partial charge in [-0.15, -0.1) is 0 Å². The number of primary sulfonamides is 1. The van der Waals surface area contributed by atoms with Gasteiger partial charge in [0.05, 0.1) is 5.75 Å². The van der Waals surface area contributed by atoms with E-state index in [-0.39, 0.29) is 11.7 Å². The lowest BCUT2D eigenvalue weighted by molar-refractivity contribution is 0.462. The molecule has 2 aromatic heterocycles. The van der Waals surface area contributed by atoms with Gasteiger partial charge in [-0.3, -0.25) is 0 Å². The van der Waals surface area contributed by atoms with Crippen molar-refractivity contribution in [3.05, 3.63) is 71.3 Å². The van der Waals surface area contributed by atoms with Crippen LogP contribution in [0.2, 0.25) is 0 Å². The second-order valence-electron chi connectivity index (χ2n) is 7.98. The van der Waals surface area contributed by atoms with Crippen LogP contribution in [0, 0.1) is 5.92 Å². The first-order valence-corrected chi connectivity index (χ1v) is 12.2. The minimum absolute atomic E-state index is 0.0466.